The maximum absolute atomic E-state index is 13.3. The Balaban J connectivity index is 1.30. The number of nitrogens with one attached hydrogen (secondary N) is 1. The monoisotopic (exact) mass is 418 g/mol. The molecule has 0 radical (unpaired) electrons. The average Bonchev–Trinajstić information content (AvgIpc) is 3.53. The smallest absolute Gasteiger partial charge is 0.255 e. The van der Waals surface area contributed by atoms with Crippen molar-refractivity contribution in [3.8, 4) is 0 Å². The van der Waals surface area contributed by atoms with Crippen molar-refractivity contribution in [2.75, 3.05) is 10.2 Å². The van der Waals surface area contributed by atoms with Gasteiger partial charge in [0.25, 0.3) is 5.91 Å². The Bertz CT molecular complexity index is 1110. The summed E-state index contributed by atoms with van der Waals surface area (Å²) in [4.78, 5) is 40.6. The minimum Gasteiger partial charge on any atom is -0.321 e. The van der Waals surface area contributed by atoms with Crippen molar-refractivity contribution in [1.82, 2.24) is 0 Å². The molecule has 2 aromatic rings. The molecule has 1 heterocycles. The number of allylic oxidation sites excluding steroid dienone is 2. The van der Waals surface area contributed by atoms with Crippen LogP contribution in [-0.2, 0) is 9.59 Å². The molecule has 2 saturated carbocycles. The highest BCUT2D eigenvalue weighted by molar-refractivity contribution is 6.34. The summed E-state index contributed by atoms with van der Waals surface area (Å²) in [6.45, 7) is 0. The topological polar surface area (TPSA) is 66.5 Å². The molecule has 5 nitrogen and oxygen atoms in total. The van der Waals surface area contributed by atoms with Gasteiger partial charge < -0.3 is 5.32 Å². The molecular weight excluding hydrogens is 400 g/mol. The van der Waals surface area contributed by atoms with Gasteiger partial charge in [-0.25, -0.2) is 4.90 Å². The Hall–Kier alpha value is -2.92. The number of halogens is 1. The van der Waals surface area contributed by atoms with Crippen LogP contribution in [0.4, 0.5) is 11.4 Å². The minimum absolute atomic E-state index is 0.127. The van der Waals surface area contributed by atoms with Crippen molar-refractivity contribution < 1.29 is 14.4 Å². The number of carbonyl (C=O) groups excluding carboxylic acids is 3. The fraction of sp³-hybridized carbons (Fsp3) is 0.292. The van der Waals surface area contributed by atoms with Gasteiger partial charge >= 0.3 is 0 Å². The van der Waals surface area contributed by atoms with Crippen LogP contribution in [-0.4, -0.2) is 17.7 Å². The van der Waals surface area contributed by atoms with Crippen LogP contribution in [0.3, 0.4) is 0 Å². The summed E-state index contributed by atoms with van der Waals surface area (Å²) in [6, 6.07) is 13.7. The van der Waals surface area contributed by atoms with E-state index in [1.54, 1.807) is 48.5 Å². The summed E-state index contributed by atoms with van der Waals surface area (Å²) in [6.07, 6.45) is 5.44. The normalized spacial score (nSPS) is 32.8. The second kappa shape index (κ2) is 6.29. The molecule has 0 unspecified atom stereocenters. The summed E-state index contributed by atoms with van der Waals surface area (Å²) in [5, 5.41) is 3.23. The van der Waals surface area contributed by atoms with Crippen LogP contribution in [0, 0.1) is 35.5 Å². The first-order valence-corrected chi connectivity index (χ1v) is 10.6. The molecule has 6 heteroatoms. The van der Waals surface area contributed by atoms with Crippen molar-refractivity contribution in [3.63, 3.8) is 0 Å². The maximum atomic E-state index is 13.3. The first-order chi connectivity index (χ1) is 14.5. The number of hydrogen-bond donors (Lipinski definition) is 1. The number of anilines is 2. The van der Waals surface area contributed by atoms with Crippen LogP contribution in [0.2, 0.25) is 5.02 Å². The highest BCUT2D eigenvalue weighted by atomic mass is 35.5. The van der Waals surface area contributed by atoms with E-state index in [4.69, 9.17) is 11.6 Å². The summed E-state index contributed by atoms with van der Waals surface area (Å²) < 4.78 is 0. The number of imide groups is 1. The molecule has 7 rings (SSSR count). The van der Waals surface area contributed by atoms with E-state index >= 15 is 0 Å². The average molecular weight is 419 g/mol. The Morgan fingerprint density at radius 2 is 1.60 bits per heavy atom. The third-order valence-electron chi connectivity index (χ3n) is 7.15. The zero-order valence-electron chi connectivity index (χ0n) is 16.0. The van der Waals surface area contributed by atoms with Gasteiger partial charge in [0.05, 0.1) is 28.2 Å². The van der Waals surface area contributed by atoms with Gasteiger partial charge in [-0.2, -0.15) is 0 Å². The van der Waals surface area contributed by atoms with Gasteiger partial charge in [-0.05, 0) is 60.4 Å². The molecule has 0 spiro atoms. The van der Waals surface area contributed by atoms with Crippen LogP contribution in [0.5, 0.6) is 0 Å². The number of benzene rings is 2. The van der Waals surface area contributed by atoms with Gasteiger partial charge in [-0.1, -0.05) is 42.0 Å². The molecule has 3 amide bonds. The van der Waals surface area contributed by atoms with Crippen molar-refractivity contribution in [2.24, 2.45) is 35.5 Å². The van der Waals surface area contributed by atoms with Gasteiger partial charge in [-0.3, -0.25) is 14.4 Å². The van der Waals surface area contributed by atoms with Crippen molar-refractivity contribution in [1.29, 1.82) is 0 Å². The van der Waals surface area contributed by atoms with E-state index in [2.05, 4.69) is 17.5 Å². The fourth-order valence-corrected chi connectivity index (χ4v) is 5.94. The van der Waals surface area contributed by atoms with E-state index in [1.807, 2.05) is 0 Å². The second-order valence-corrected chi connectivity index (χ2v) is 9.06. The molecule has 5 aliphatic rings. The molecule has 3 fully saturated rings. The molecule has 6 atom stereocenters. The largest absolute Gasteiger partial charge is 0.321 e. The quantitative estimate of drug-likeness (QED) is 0.601. The molecule has 4 aliphatic carbocycles. The molecule has 0 aromatic heterocycles. The van der Waals surface area contributed by atoms with Crippen LogP contribution in [0.15, 0.2) is 60.7 Å². The van der Waals surface area contributed by atoms with Crippen molar-refractivity contribution >= 4 is 40.7 Å². The van der Waals surface area contributed by atoms with Gasteiger partial charge in [0, 0.05) is 5.56 Å². The summed E-state index contributed by atoms with van der Waals surface area (Å²) in [5.41, 5.74) is 1.34. The summed E-state index contributed by atoms with van der Waals surface area (Å²) >= 11 is 6.13. The lowest BCUT2D eigenvalue weighted by molar-refractivity contribution is -0.124. The zero-order chi connectivity index (χ0) is 20.6. The standard InChI is InChI=1S/C24H19ClN2O3/c25-18-6-1-2-7-19(18)26-22(28)12-4-3-5-13(10-12)27-23(29)20-14-8-9-15(17-11-16(14)17)21(20)24(27)30/h1-10,14-17,20-21H,11H2,(H,26,28)/t14-,15+,16-,17-,20+,21+/m1/s1. The first kappa shape index (κ1) is 17.9. The van der Waals surface area contributed by atoms with Gasteiger partial charge in [0.2, 0.25) is 11.8 Å². The third kappa shape index (κ3) is 2.45. The first-order valence-electron chi connectivity index (χ1n) is 10.3. The van der Waals surface area contributed by atoms with E-state index in [9.17, 15) is 14.4 Å². The predicted molar refractivity (Wildman–Crippen MR) is 113 cm³/mol. The van der Waals surface area contributed by atoms with Gasteiger partial charge in [0.15, 0.2) is 0 Å². The predicted octanol–water partition coefficient (Wildman–Crippen LogP) is 4.15. The van der Waals surface area contributed by atoms with Crippen molar-refractivity contribution in [2.45, 2.75) is 6.42 Å². The second-order valence-electron chi connectivity index (χ2n) is 8.65. The third-order valence-corrected chi connectivity index (χ3v) is 7.48. The lowest BCUT2D eigenvalue weighted by atomic mass is 9.63. The summed E-state index contributed by atoms with van der Waals surface area (Å²) in [5.74, 6) is 0.377. The highest BCUT2D eigenvalue weighted by Gasteiger charge is 2.67. The van der Waals surface area contributed by atoms with Crippen LogP contribution in [0.1, 0.15) is 16.8 Å². The Morgan fingerprint density at radius 1 is 0.933 bits per heavy atom. The molecule has 2 bridgehead atoms. The Morgan fingerprint density at radius 3 is 2.27 bits per heavy atom. The van der Waals surface area contributed by atoms with Gasteiger partial charge in [0.1, 0.15) is 0 Å². The molecule has 1 saturated heterocycles. The fourth-order valence-electron chi connectivity index (χ4n) is 5.75. The molecule has 150 valence electrons. The number of nitrogens with zero attached hydrogens (tertiary/aromatic N) is 1. The highest BCUT2D eigenvalue weighted by Crippen LogP contribution is 2.65. The van der Waals surface area contributed by atoms with Crippen LogP contribution >= 0.6 is 11.6 Å². The Labute approximate surface area is 178 Å². The molecule has 30 heavy (non-hydrogen) atoms. The minimum atomic E-state index is -0.343. The SMILES string of the molecule is O=C(Nc1ccccc1Cl)c1cccc(N2C(=O)[C@H]3[C@@H]4C=C[C@@H]([C@H]5C[C@H]45)[C@@H]3C2=O)c1. The van der Waals surface area contributed by atoms with Crippen LogP contribution < -0.4 is 10.2 Å². The molecule has 1 N–H and O–H groups in total. The van der Waals surface area contributed by atoms with E-state index in [1.165, 1.54) is 4.90 Å². The number of rotatable bonds is 3. The number of amides is 3. The molecular formula is C24H19ClN2O3. The molecule has 2 aromatic carbocycles. The van der Waals surface area contributed by atoms with E-state index in [-0.39, 0.29) is 41.4 Å². The van der Waals surface area contributed by atoms with Crippen LogP contribution in [0.25, 0.3) is 0 Å². The van der Waals surface area contributed by atoms with E-state index in [0.717, 1.165) is 6.42 Å². The molecule has 1 aliphatic heterocycles. The lowest BCUT2D eigenvalue weighted by Gasteiger charge is -2.37. The number of para-hydroxylation sites is 1. The summed E-state index contributed by atoms with van der Waals surface area (Å²) in [7, 11) is 0. The van der Waals surface area contributed by atoms with Gasteiger partial charge in [-0.15, -0.1) is 0 Å². The van der Waals surface area contributed by atoms with E-state index in [0.29, 0.717) is 33.8 Å². The number of carbonyl (C=O) groups is 3. The zero-order valence-corrected chi connectivity index (χ0v) is 16.8. The number of hydrogen-bond acceptors (Lipinski definition) is 3. The van der Waals surface area contributed by atoms with E-state index < -0.39 is 0 Å². The Kier molecular flexibility index (Phi) is 3.75. The maximum Gasteiger partial charge on any atom is 0.255 e. The van der Waals surface area contributed by atoms with Crippen molar-refractivity contribution in [3.05, 3.63) is 71.3 Å². The lowest BCUT2D eigenvalue weighted by Crippen LogP contribution is -2.40.